The molecule has 3 rings (SSSR count). The molecule has 0 unspecified atom stereocenters. The van der Waals surface area contributed by atoms with E-state index in [1.54, 1.807) is 60.7 Å². The van der Waals surface area contributed by atoms with E-state index in [1.807, 2.05) is 26.0 Å². The fraction of sp³-hybridized carbons (Fsp3) is 0.417. The average Bonchev–Trinajstić information content (AvgIpc) is 3.03. The molecule has 230 valence electrons. The third-order valence-electron chi connectivity index (χ3n) is 7.20. The van der Waals surface area contributed by atoms with E-state index in [4.69, 9.17) is 18.9 Å². The van der Waals surface area contributed by atoms with Crippen molar-refractivity contribution in [3.05, 3.63) is 83.9 Å². The number of esters is 3. The molecule has 2 atom stereocenters. The molecule has 0 fully saturated rings. The summed E-state index contributed by atoms with van der Waals surface area (Å²) in [6.45, 7) is 8.68. The number of unbranched alkanes of at least 4 members (excludes halogenated alkanes) is 5. The SMILES string of the molecule is CCCCCCCCOc1ccc(C(=O)Oc2ccc(-c3ccc(C(=O)O[C@@H](C)C(=O)OC[C@@H](C)CC)cc3)cc2)cc1. The number of carbonyl (C=O) groups excluding carboxylic acids is 3. The first-order valence-electron chi connectivity index (χ1n) is 15.3. The van der Waals surface area contributed by atoms with Crippen LogP contribution in [0.3, 0.4) is 0 Å². The van der Waals surface area contributed by atoms with Crippen molar-refractivity contribution in [3.63, 3.8) is 0 Å². The van der Waals surface area contributed by atoms with E-state index in [1.165, 1.54) is 39.0 Å². The molecular formula is C36H44O7. The second-order valence-electron chi connectivity index (χ2n) is 10.8. The van der Waals surface area contributed by atoms with E-state index < -0.39 is 24.0 Å². The van der Waals surface area contributed by atoms with Gasteiger partial charge in [-0.3, -0.25) is 0 Å². The minimum atomic E-state index is -0.993. The Morgan fingerprint density at radius 2 is 1.19 bits per heavy atom. The molecule has 0 saturated carbocycles. The van der Waals surface area contributed by atoms with Gasteiger partial charge in [-0.1, -0.05) is 83.6 Å². The Morgan fingerprint density at radius 1 is 0.651 bits per heavy atom. The van der Waals surface area contributed by atoms with Gasteiger partial charge in [0, 0.05) is 0 Å². The fourth-order valence-electron chi connectivity index (χ4n) is 4.18. The third kappa shape index (κ3) is 11.2. The number of ether oxygens (including phenoxy) is 4. The standard InChI is InChI=1S/C36H44O7/c1-5-7-8-9-10-11-24-40-32-20-18-31(19-21-32)36(39)43-33-22-16-29(17-23-33)28-12-14-30(15-13-28)35(38)42-27(4)34(37)41-25-26(3)6-2/h12-23,26-27H,5-11,24-25H2,1-4H3/t26-,27-/m0/s1. The van der Waals surface area contributed by atoms with Gasteiger partial charge in [0.1, 0.15) is 11.5 Å². The third-order valence-corrected chi connectivity index (χ3v) is 7.20. The summed E-state index contributed by atoms with van der Waals surface area (Å²) in [4.78, 5) is 37.2. The Labute approximate surface area is 255 Å². The van der Waals surface area contributed by atoms with Crippen LogP contribution >= 0.6 is 0 Å². The van der Waals surface area contributed by atoms with Gasteiger partial charge in [-0.2, -0.15) is 0 Å². The minimum Gasteiger partial charge on any atom is -0.494 e. The molecule has 43 heavy (non-hydrogen) atoms. The molecule has 0 spiro atoms. The maximum Gasteiger partial charge on any atom is 0.347 e. The fourth-order valence-corrected chi connectivity index (χ4v) is 4.18. The van der Waals surface area contributed by atoms with E-state index in [0.717, 1.165) is 29.7 Å². The molecule has 0 N–H and O–H groups in total. The minimum absolute atomic E-state index is 0.248. The molecule has 7 nitrogen and oxygen atoms in total. The monoisotopic (exact) mass is 588 g/mol. The van der Waals surface area contributed by atoms with Crippen molar-refractivity contribution in [3.8, 4) is 22.6 Å². The van der Waals surface area contributed by atoms with Gasteiger partial charge in [0.2, 0.25) is 0 Å². The van der Waals surface area contributed by atoms with Crippen LogP contribution in [0.4, 0.5) is 0 Å². The first-order chi connectivity index (χ1) is 20.8. The van der Waals surface area contributed by atoms with Gasteiger partial charge in [-0.15, -0.1) is 0 Å². The van der Waals surface area contributed by atoms with Gasteiger partial charge < -0.3 is 18.9 Å². The number of rotatable bonds is 17. The molecule has 0 aliphatic carbocycles. The highest BCUT2D eigenvalue weighted by molar-refractivity contribution is 5.92. The Balaban J connectivity index is 1.46. The second-order valence-corrected chi connectivity index (χ2v) is 10.8. The lowest BCUT2D eigenvalue weighted by molar-refractivity contribution is -0.154. The summed E-state index contributed by atoms with van der Waals surface area (Å²) >= 11 is 0. The molecule has 0 heterocycles. The predicted octanol–water partition coefficient (Wildman–Crippen LogP) is 8.45. The summed E-state index contributed by atoms with van der Waals surface area (Å²) in [6.07, 6.45) is 7.14. The van der Waals surface area contributed by atoms with Crippen LogP contribution in [0.25, 0.3) is 11.1 Å². The van der Waals surface area contributed by atoms with E-state index in [9.17, 15) is 14.4 Å². The van der Waals surface area contributed by atoms with E-state index in [0.29, 0.717) is 30.1 Å². The van der Waals surface area contributed by atoms with Gasteiger partial charge in [0.15, 0.2) is 6.10 Å². The molecule has 0 saturated heterocycles. The normalized spacial score (nSPS) is 12.2. The van der Waals surface area contributed by atoms with Gasteiger partial charge in [0.05, 0.1) is 24.3 Å². The quantitative estimate of drug-likeness (QED) is 0.0888. The van der Waals surface area contributed by atoms with E-state index in [2.05, 4.69) is 6.92 Å². The molecule has 0 aromatic heterocycles. The Morgan fingerprint density at radius 3 is 1.81 bits per heavy atom. The van der Waals surface area contributed by atoms with Crippen LogP contribution in [-0.4, -0.2) is 37.2 Å². The summed E-state index contributed by atoms with van der Waals surface area (Å²) < 4.78 is 21.8. The molecule has 0 amide bonds. The topological polar surface area (TPSA) is 88.1 Å². The molecule has 0 bridgehead atoms. The lowest BCUT2D eigenvalue weighted by Crippen LogP contribution is -2.27. The number of hydrogen-bond donors (Lipinski definition) is 0. The van der Waals surface area contributed by atoms with Crippen molar-refractivity contribution >= 4 is 17.9 Å². The number of hydrogen-bond acceptors (Lipinski definition) is 7. The summed E-state index contributed by atoms with van der Waals surface area (Å²) in [7, 11) is 0. The van der Waals surface area contributed by atoms with Crippen LogP contribution in [0.5, 0.6) is 11.5 Å². The number of carbonyl (C=O) groups is 3. The Kier molecular flexibility index (Phi) is 13.8. The van der Waals surface area contributed by atoms with Crippen LogP contribution in [0, 0.1) is 5.92 Å². The van der Waals surface area contributed by atoms with Crippen molar-refractivity contribution in [1.82, 2.24) is 0 Å². The molecule has 0 radical (unpaired) electrons. The first kappa shape index (κ1) is 33.4. The van der Waals surface area contributed by atoms with E-state index in [-0.39, 0.29) is 5.92 Å². The van der Waals surface area contributed by atoms with Gasteiger partial charge >= 0.3 is 17.9 Å². The van der Waals surface area contributed by atoms with E-state index >= 15 is 0 Å². The average molecular weight is 589 g/mol. The maximum absolute atomic E-state index is 12.6. The largest absolute Gasteiger partial charge is 0.494 e. The zero-order chi connectivity index (χ0) is 31.0. The van der Waals surface area contributed by atoms with Crippen molar-refractivity contribution in [2.24, 2.45) is 5.92 Å². The highest BCUT2D eigenvalue weighted by atomic mass is 16.6. The van der Waals surface area contributed by atoms with Crippen LogP contribution in [-0.2, 0) is 14.3 Å². The zero-order valence-corrected chi connectivity index (χ0v) is 25.8. The summed E-state index contributed by atoms with van der Waals surface area (Å²) in [5.41, 5.74) is 2.52. The van der Waals surface area contributed by atoms with Crippen LogP contribution in [0.2, 0.25) is 0 Å². The van der Waals surface area contributed by atoms with Crippen molar-refractivity contribution in [2.75, 3.05) is 13.2 Å². The molecule has 0 aliphatic heterocycles. The second kappa shape index (κ2) is 17.7. The summed E-state index contributed by atoms with van der Waals surface area (Å²) in [6, 6.07) is 21.0. The smallest absolute Gasteiger partial charge is 0.347 e. The summed E-state index contributed by atoms with van der Waals surface area (Å²) in [5, 5.41) is 0. The van der Waals surface area contributed by atoms with Crippen molar-refractivity contribution < 1.29 is 33.3 Å². The Hall–Kier alpha value is -4.13. The predicted molar refractivity (Wildman–Crippen MR) is 167 cm³/mol. The maximum atomic E-state index is 12.6. The number of benzene rings is 3. The zero-order valence-electron chi connectivity index (χ0n) is 25.8. The lowest BCUT2D eigenvalue weighted by Gasteiger charge is -2.15. The summed E-state index contributed by atoms with van der Waals surface area (Å²) in [5.74, 6) is -0.196. The lowest BCUT2D eigenvalue weighted by atomic mass is 10.0. The van der Waals surface area contributed by atoms with Crippen LogP contribution < -0.4 is 9.47 Å². The molecular weight excluding hydrogens is 544 g/mol. The molecule has 3 aromatic carbocycles. The van der Waals surface area contributed by atoms with Gasteiger partial charge in [-0.05, 0) is 78.9 Å². The van der Waals surface area contributed by atoms with Gasteiger partial charge in [-0.25, -0.2) is 14.4 Å². The highest BCUT2D eigenvalue weighted by Gasteiger charge is 2.21. The highest BCUT2D eigenvalue weighted by Crippen LogP contribution is 2.24. The van der Waals surface area contributed by atoms with Crippen LogP contribution in [0.1, 0.15) is 93.4 Å². The first-order valence-corrected chi connectivity index (χ1v) is 15.3. The Bertz CT molecular complexity index is 1280. The molecule has 7 heteroatoms. The van der Waals surface area contributed by atoms with Crippen LogP contribution in [0.15, 0.2) is 72.8 Å². The molecule has 0 aliphatic rings. The van der Waals surface area contributed by atoms with Gasteiger partial charge in [0.25, 0.3) is 0 Å². The van der Waals surface area contributed by atoms with Crippen molar-refractivity contribution in [1.29, 1.82) is 0 Å². The molecule has 3 aromatic rings. The van der Waals surface area contributed by atoms with Crippen molar-refractivity contribution in [2.45, 2.75) is 78.7 Å².